The molecule has 0 saturated carbocycles. The van der Waals surface area contributed by atoms with Gasteiger partial charge >= 0.3 is 5.97 Å². The van der Waals surface area contributed by atoms with Gasteiger partial charge in [-0.2, -0.15) is 0 Å². The number of carboxylic acids is 1. The quantitative estimate of drug-likeness (QED) is 0.584. The monoisotopic (exact) mass is 138 g/mol. The Morgan fingerprint density at radius 3 is 2.62 bits per heavy atom. The van der Waals surface area contributed by atoms with Gasteiger partial charge < -0.3 is 9.84 Å². The molecule has 8 heavy (non-hydrogen) atoms. The number of halogens is 1. The fourth-order valence-electron chi connectivity index (χ4n) is 0.221. The third-order valence-corrected chi connectivity index (χ3v) is 0.923. The molecule has 0 aliphatic rings. The largest absolute Gasteiger partial charge is 0.481 e. The number of hydrogen-bond acceptors (Lipinski definition) is 2. The maximum absolute atomic E-state index is 9.80. The fraction of sp³-hybridized carbons (Fsp3) is 0.750. The molecule has 0 aliphatic heterocycles. The van der Waals surface area contributed by atoms with Crippen molar-refractivity contribution in [1.29, 1.82) is 0 Å². The normalized spacial score (nSPS) is 13.2. The van der Waals surface area contributed by atoms with Crippen LogP contribution in [0.5, 0.6) is 0 Å². The Kier molecular flexibility index (Phi) is 3.56. The molecule has 0 amide bonds. The zero-order valence-electron chi connectivity index (χ0n) is 4.43. The number of methoxy groups -OCH3 is 1. The predicted molar refractivity (Wildman–Crippen MR) is 28.9 cm³/mol. The Morgan fingerprint density at radius 1 is 2.00 bits per heavy atom. The topological polar surface area (TPSA) is 46.5 Å². The van der Waals surface area contributed by atoms with Gasteiger partial charge in [-0.15, -0.1) is 0 Å². The van der Waals surface area contributed by atoms with E-state index in [1.54, 1.807) is 0 Å². The molecule has 1 N–H and O–H groups in total. The number of aliphatic carboxylic acids is 1. The van der Waals surface area contributed by atoms with Crippen LogP contribution in [0.4, 0.5) is 0 Å². The molecular formula is C4H7ClO3. The van der Waals surface area contributed by atoms with Gasteiger partial charge in [0.2, 0.25) is 0 Å². The maximum Gasteiger partial charge on any atom is 0.307 e. The van der Waals surface area contributed by atoms with Gasteiger partial charge in [0.1, 0.15) is 5.56 Å². The van der Waals surface area contributed by atoms with Crippen LogP contribution in [-0.2, 0) is 9.53 Å². The second-order valence-corrected chi connectivity index (χ2v) is 1.73. The van der Waals surface area contributed by atoms with Crippen molar-refractivity contribution in [3.8, 4) is 0 Å². The van der Waals surface area contributed by atoms with Crippen LogP contribution in [0.1, 0.15) is 6.42 Å². The van der Waals surface area contributed by atoms with E-state index in [-0.39, 0.29) is 6.42 Å². The van der Waals surface area contributed by atoms with Crippen molar-refractivity contribution < 1.29 is 14.6 Å². The molecule has 0 aromatic carbocycles. The number of hydrogen-bond donors (Lipinski definition) is 1. The number of carbonyl (C=O) groups is 1. The Hall–Kier alpha value is -0.280. The average molecular weight is 139 g/mol. The van der Waals surface area contributed by atoms with Gasteiger partial charge in [-0.25, -0.2) is 0 Å². The van der Waals surface area contributed by atoms with E-state index >= 15 is 0 Å². The van der Waals surface area contributed by atoms with Crippen LogP contribution < -0.4 is 0 Å². The minimum atomic E-state index is -0.952. The summed E-state index contributed by atoms with van der Waals surface area (Å²) in [6.07, 6.45) is -0.155. The fourth-order valence-corrected chi connectivity index (χ4v) is 0.353. The van der Waals surface area contributed by atoms with E-state index in [0.717, 1.165) is 0 Å². The van der Waals surface area contributed by atoms with Crippen LogP contribution >= 0.6 is 11.6 Å². The molecule has 1 unspecified atom stereocenters. The summed E-state index contributed by atoms with van der Waals surface area (Å²) in [4.78, 5) is 9.80. The van der Waals surface area contributed by atoms with Crippen LogP contribution in [-0.4, -0.2) is 23.7 Å². The lowest BCUT2D eigenvalue weighted by Crippen LogP contribution is -2.08. The molecule has 0 fully saturated rings. The highest BCUT2D eigenvalue weighted by Gasteiger charge is 2.05. The first-order chi connectivity index (χ1) is 3.66. The Bertz CT molecular complexity index is 83.4. The summed E-state index contributed by atoms with van der Waals surface area (Å²) < 4.78 is 4.45. The number of rotatable bonds is 3. The molecular weight excluding hydrogens is 131 g/mol. The first-order valence-corrected chi connectivity index (χ1v) is 2.49. The lowest BCUT2D eigenvalue weighted by Gasteiger charge is -2.00. The molecule has 0 aromatic rings. The van der Waals surface area contributed by atoms with Crippen LogP contribution in [0.25, 0.3) is 0 Å². The second-order valence-electron chi connectivity index (χ2n) is 1.24. The molecule has 0 aliphatic carbocycles. The summed E-state index contributed by atoms with van der Waals surface area (Å²) in [7, 11) is 1.36. The first kappa shape index (κ1) is 7.72. The molecule has 0 aromatic heterocycles. The molecule has 0 radical (unpaired) electrons. The zero-order chi connectivity index (χ0) is 6.57. The summed E-state index contributed by atoms with van der Waals surface area (Å²) in [5.41, 5.74) is -0.701. The molecule has 0 bridgehead atoms. The Labute approximate surface area is 52.2 Å². The average Bonchev–Trinajstić information content (AvgIpc) is 1.65. The third kappa shape index (κ3) is 3.89. The molecule has 3 nitrogen and oxygen atoms in total. The summed E-state index contributed by atoms with van der Waals surface area (Å²) in [6, 6.07) is 0. The Morgan fingerprint density at radius 2 is 2.50 bits per heavy atom. The first-order valence-electron chi connectivity index (χ1n) is 2.05. The summed E-state index contributed by atoms with van der Waals surface area (Å²) in [6.45, 7) is 0. The van der Waals surface area contributed by atoms with Crippen molar-refractivity contribution in [2.24, 2.45) is 0 Å². The standard InChI is InChI=1S/C4H7ClO3/c1-8-3(5)2-4(6)7/h3H,2H2,1H3,(H,6,7). The van der Waals surface area contributed by atoms with E-state index in [1.165, 1.54) is 7.11 Å². The summed E-state index contributed by atoms with van der Waals surface area (Å²) >= 11 is 5.26. The van der Waals surface area contributed by atoms with E-state index in [1.807, 2.05) is 0 Å². The number of carboxylic acid groups (broad SMARTS) is 1. The van der Waals surface area contributed by atoms with Gasteiger partial charge in [-0.1, -0.05) is 11.6 Å². The van der Waals surface area contributed by atoms with Gasteiger partial charge in [-0.05, 0) is 0 Å². The lowest BCUT2D eigenvalue weighted by atomic mass is 10.5. The third-order valence-electron chi connectivity index (χ3n) is 0.591. The zero-order valence-corrected chi connectivity index (χ0v) is 5.18. The van der Waals surface area contributed by atoms with Crippen molar-refractivity contribution in [3.63, 3.8) is 0 Å². The van der Waals surface area contributed by atoms with Crippen LogP contribution in [0, 0.1) is 0 Å². The number of ether oxygens (including phenoxy) is 1. The van der Waals surface area contributed by atoms with Gasteiger partial charge in [-0.3, -0.25) is 4.79 Å². The molecule has 0 spiro atoms. The maximum atomic E-state index is 9.80. The van der Waals surface area contributed by atoms with Crippen molar-refractivity contribution in [2.75, 3.05) is 7.11 Å². The van der Waals surface area contributed by atoms with E-state index in [9.17, 15) is 4.79 Å². The van der Waals surface area contributed by atoms with E-state index in [4.69, 9.17) is 16.7 Å². The second kappa shape index (κ2) is 3.69. The molecule has 1 atom stereocenters. The van der Waals surface area contributed by atoms with E-state index in [0.29, 0.717) is 0 Å². The van der Waals surface area contributed by atoms with Gasteiger partial charge in [0, 0.05) is 7.11 Å². The highest BCUT2D eigenvalue weighted by Crippen LogP contribution is 2.00. The highest BCUT2D eigenvalue weighted by molar-refractivity contribution is 6.20. The van der Waals surface area contributed by atoms with Crippen LogP contribution in [0.3, 0.4) is 0 Å². The summed E-state index contributed by atoms with van der Waals surface area (Å²) in [5.74, 6) is -0.952. The van der Waals surface area contributed by atoms with Crippen molar-refractivity contribution >= 4 is 17.6 Å². The molecule has 0 heterocycles. The van der Waals surface area contributed by atoms with E-state index in [2.05, 4.69) is 4.74 Å². The smallest absolute Gasteiger partial charge is 0.307 e. The Balaban J connectivity index is 3.24. The molecule has 0 rings (SSSR count). The minimum absolute atomic E-state index is 0.155. The van der Waals surface area contributed by atoms with Crippen molar-refractivity contribution in [3.05, 3.63) is 0 Å². The SMILES string of the molecule is COC(Cl)CC(=O)O. The predicted octanol–water partition coefficient (Wildman–Crippen LogP) is 0.672. The van der Waals surface area contributed by atoms with Gasteiger partial charge in [0.25, 0.3) is 0 Å². The van der Waals surface area contributed by atoms with Crippen molar-refractivity contribution in [1.82, 2.24) is 0 Å². The molecule has 0 saturated heterocycles. The van der Waals surface area contributed by atoms with Gasteiger partial charge in [0.15, 0.2) is 0 Å². The molecule has 4 heteroatoms. The summed E-state index contributed by atoms with van der Waals surface area (Å²) in [5, 5.41) is 8.05. The number of alkyl halides is 1. The lowest BCUT2D eigenvalue weighted by molar-refractivity contribution is -0.138. The minimum Gasteiger partial charge on any atom is -0.481 e. The molecule has 48 valence electrons. The van der Waals surface area contributed by atoms with Gasteiger partial charge in [0.05, 0.1) is 6.42 Å². The van der Waals surface area contributed by atoms with E-state index < -0.39 is 11.5 Å². The van der Waals surface area contributed by atoms with Crippen LogP contribution in [0.15, 0.2) is 0 Å². The highest BCUT2D eigenvalue weighted by atomic mass is 35.5. The van der Waals surface area contributed by atoms with Crippen LogP contribution in [0.2, 0.25) is 0 Å². The van der Waals surface area contributed by atoms with Crippen molar-refractivity contribution in [2.45, 2.75) is 12.0 Å².